The van der Waals surface area contributed by atoms with Crippen LogP contribution in [0.2, 0.25) is 4.34 Å². The summed E-state index contributed by atoms with van der Waals surface area (Å²) in [6.45, 7) is 2.73. The number of para-hydroxylation sites is 1. The number of carbonyl (C=O) groups is 1. The van der Waals surface area contributed by atoms with Crippen molar-refractivity contribution in [1.29, 1.82) is 0 Å². The molecule has 0 radical (unpaired) electrons. The second-order valence-electron chi connectivity index (χ2n) is 7.05. The molecule has 1 saturated heterocycles. The lowest BCUT2D eigenvalue weighted by molar-refractivity contribution is -0.121. The molecule has 0 saturated carbocycles. The van der Waals surface area contributed by atoms with Gasteiger partial charge in [-0.3, -0.25) is 9.69 Å². The van der Waals surface area contributed by atoms with Crippen molar-refractivity contribution in [3.63, 3.8) is 0 Å². The second kappa shape index (κ2) is 9.39. The Morgan fingerprint density at radius 3 is 2.59 bits per heavy atom. The van der Waals surface area contributed by atoms with E-state index < -0.39 is 0 Å². The Balaban J connectivity index is 1.25. The molecule has 29 heavy (non-hydrogen) atoms. The molecular formula is C22H22ClN3O2S. The summed E-state index contributed by atoms with van der Waals surface area (Å²) in [5.74, 6) is 1.31. The number of pyridine rings is 1. The second-order valence-corrected chi connectivity index (χ2v) is 8.85. The number of benzene rings is 1. The van der Waals surface area contributed by atoms with Gasteiger partial charge in [0.15, 0.2) is 0 Å². The highest BCUT2D eigenvalue weighted by molar-refractivity contribution is 7.16. The summed E-state index contributed by atoms with van der Waals surface area (Å²) in [6.07, 6.45) is 3.34. The minimum Gasteiger partial charge on any atom is -0.439 e. The van der Waals surface area contributed by atoms with Gasteiger partial charge in [-0.15, -0.1) is 11.3 Å². The predicted octanol–water partition coefficient (Wildman–Crippen LogP) is 5.44. The highest BCUT2D eigenvalue weighted by atomic mass is 35.5. The van der Waals surface area contributed by atoms with E-state index in [0.29, 0.717) is 11.6 Å². The number of likely N-dealkylation sites (tertiary alicyclic amines) is 1. The summed E-state index contributed by atoms with van der Waals surface area (Å²) < 4.78 is 6.50. The van der Waals surface area contributed by atoms with Crippen molar-refractivity contribution in [1.82, 2.24) is 9.88 Å². The van der Waals surface area contributed by atoms with Crippen LogP contribution in [0.15, 0.2) is 60.8 Å². The summed E-state index contributed by atoms with van der Waals surface area (Å²) in [7, 11) is 0. The Kier molecular flexibility index (Phi) is 6.44. The van der Waals surface area contributed by atoms with Crippen molar-refractivity contribution in [2.75, 3.05) is 18.4 Å². The number of anilines is 1. The van der Waals surface area contributed by atoms with Gasteiger partial charge in [0.2, 0.25) is 11.8 Å². The van der Waals surface area contributed by atoms with Crippen LogP contribution in [0, 0.1) is 5.92 Å². The molecular weight excluding hydrogens is 406 g/mol. The van der Waals surface area contributed by atoms with Crippen molar-refractivity contribution in [2.24, 2.45) is 5.92 Å². The van der Waals surface area contributed by atoms with E-state index in [9.17, 15) is 4.79 Å². The van der Waals surface area contributed by atoms with Gasteiger partial charge in [-0.1, -0.05) is 29.8 Å². The number of carbonyl (C=O) groups excluding carboxylic acids is 1. The maximum Gasteiger partial charge on any atom is 0.227 e. The number of piperidine rings is 1. The molecule has 1 amide bonds. The third-order valence-electron chi connectivity index (χ3n) is 4.94. The fraction of sp³-hybridized carbons (Fsp3) is 0.273. The van der Waals surface area contributed by atoms with Gasteiger partial charge >= 0.3 is 0 Å². The molecule has 0 aliphatic carbocycles. The first-order valence-corrected chi connectivity index (χ1v) is 10.8. The highest BCUT2D eigenvalue weighted by Gasteiger charge is 2.25. The smallest absolute Gasteiger partial charge is 0.227 e. The summed E-state index contributed by atoms with van der Waals surface area (Å²) >= 11 is 7.62. The summed E-state index contributed by atoms with van der Waals surface area (Å²) in [6, 6.07) is 17.1. The van der Waals surface area contributed by atoms with Crippen LogP contribution in [0.5, 0.6) is 11.6 Å². The number of nitrogens with zero attached hydrogens (tertiary/aromatic N) is 2. The third kappa shape index (κ3) is 5.56. The first-order chi connectivity index (χ1) is 14.2. The highest BCUT2D eigenvalue weighted by Crippen LogP contribution is 2.26. The number of hydrogen-bond acceptors (Lipinski definition) is 5. The SMILES string of the molecule is O=C(Nc1ccc(Oc2ccccc2)nc1)C1CCN(Cc2ccc(Cl)s2)CC1. The number of hydrogen-bond donors (Lipinski definition) is 1. The minimum absolute atomic E-state index is 0.0263. The summed E-state index contributed by atoms with van der Waals surface area (Å²) in [5.41, 5.74) is 0.686. The van der Waals surface area contributed by atoms with Crippen LogP contribution in [0.3, 0.4) is 0 Å². The predicted molar refractivity (Wildman–Crippen MR) is 117 cm³/mol. The van der Waals surface area contributed by atoms with E-state index in [-0.39, 0.29) is 11.8 Å². The van der Waals surface area contributed by atoms with Crippen LogP contribution in [-0.4, -0.2) is 28.9 Å². The van der Waals surface area contributed by atoms with Crippen molar-refractivity contribution in [2.45, 2.75) is 19.4 Å². The minimum atomic E-state index is 0.0263. The van der Waals surface area contributed by atoms with Gasteiger partial charge in [0, 0.05) is 23.4 Å². The molecule has 2 aromatic heterocycles. The fourth-order valence-electron chi connectivity index (χ4n) is 3.38. The number of thiophene rings is 1. The lowest BCUT2D eigenvalue weighted by Crippen LogP contribution is -2.37. The molecule has 5 nitrogen and oxygen atoms in total. The van der Waals surface area contributed by atoms with Crippen molar-refractivity contribution in [3.8, 4) is 11.6 Å². The van der Waals surface area contributed by atoms with Crippen LogP contribution >= 0.6 is 22.9 Å². The van der Waals surface area contributed by atoms with Crippen LogP contribution < -0.4 is 10.1 Å². The van der Waals surface area contributed by atoms with Crippen molar-refractivity contribution in [3.05, 3.63) is 70.0 Å². The average molecular weight is 428 g/mol. The Labute approximate surface area is 179 Å². The molecule has 150 valence electrons. The molecule has 1 aromatic carbocycles. The van der Waals surface area contributed by atoms with Gasteiger partial charge in [-0.05, 0) is 56.3 Å². The monoisotopic (exact) mass is 427 g/mol. The van der Waals surface area contributed by atoms with E-state index in [1.54, 1.807) is 23.6 Å². The first-order valence-electron chi connectivity index (χ1n) is 9.62. The van der Waals surface area contributed by atoms with Crippen LogP contribution in [0.25, 0.3) is 0 Å². The molecule has 4 rings (SSSR count). The first kappa shape index (κ1) is 19.9. The Morgan fingerprint density at radius 1 is 1.14 bits per heavy atom. The molecule has 1 aliphatic rings. The van der Waals surface area contributed by atoms with Gasteiger partial charge in [0.05, 0.1) is 16.2 Å². The normalized spacial score (nSPS) is 15.2. The molecule has 0 atom stereocenters. The molecule has 0 unspecified atom stereocenters. The van der Waals surface area contributed by atoms with E-state index in [1.165, 1.54) is 4.88 Å². The van der Waals surface area contributed by atoms with Crippen LogP contribution in [-0.2, 0) is 11.3 Å². The molecule has 1 fully saturated rings. The lowest BCUT2D eigenvalue weighted by atomic mass is 9.96. The van der Waals surface area contributed by atoms with Gasteiger partial charge in [-0.25, -0.2) is 4.98 Å². The zero-order valence-electron chi connectivity index (χ0n) is 15.9. The number of rotatable bonds is 6. The zero-order valence-corrected chi connectivity index (χ0v) is 17.5. The molecule has 3 heterocycles. The third-order valence-corrected chi connectivity index (χ3v) is 6.15. The van der Waals surface area contributed by atoms with Gasteiger partial charge < -0.3 is 10.1 Å². The van der Waals surface area contributed by atoms with E-state index >= 15 is 0 Å². The van der Waals surface area contributed by atoms with Gasteiger partial charge in [-0.2, -0.15) is 0 Å². The molecule has 3 aromatic rings. The maximum atomic E-state index is 12.6. The molecule has 7 heteroatoms. The van der Waals surface area contributed by atoms with E-state index in [0.717, 1.165) is 42.6 Å². The average Bonchev–Trinajstić information content (AvgIpc) is 3.15. The number of amides is 1. The summed E-state index contributed by atoms with van der Waals surface area (Å²) in [4.78, 5) is 20.5. The number of halogens is 1. The fourth-order valence-corrected chi connectivity index (χ4v) is 4.51. The number of ether oxygens (including phenoxy) is 1. The van der Waals surface area contributed by atoms with E-state index in [4.69, 9.17) is 16.3 Å². The molecule has 0 bridgehead atoms. The van der Waals surface area contributed by atoms with E-state index in [1.807, 2.05) is 42.5 Å². The topological polar surface area (TPSA) is 54.5 Å². The van der Waals surface area contributed by atoms with E-state index in [2.05, 4.69) is 21.3 Å². The lowest BCUT2D eigenvalue weighted by Gasteiger charge is -2.30. The standard InChI is InChI=1S/C22H22ClN3O2S/c23-20-8-7-19(29-20)15-26-12-10-16(11-13-26)22(27)25-17-6-9-21(24-14-17)28-18-4-2-1-3-5-18/h1-9,14,16H,10-13,15H2,(H,25,27). The van der Waals surface area contributed by atoms with Crippen LogP contribution in [0.1, 0.15) is 17.7 Å². The quantitative estimate of drug-likeness (QED) is 0.569. The summed E-state index contributed by atoms with van der Waals surface area (Å²) in [5, 5.41) is 2.98. The maximum absolute atomic E-state index is 12.6. The molecule has 0 spiro atoms. The van der Waals surface area contributed by atoms with Gasteiger partial charge in [0.1, 0.15) is 5.75 Å². The Hall–Kier alpha value is -2.41. The Morgan fingerprint density at radius 2 is 1.93 bits per heavy atom. The molecule has 1 aliphatic heterocycles. The van der Waals surface area contributed by atoms with Crippen molar-refractivity contribution >= 4 is 34.5 Å². The number of aromatic nitrogens is 1. The molecule has 1 N–H and O–H groups in total. The Bertz CT molecular complexity index is 938. The zero-order chi connectivity index (χ0) is 20.1. The largest absolute Gasteiger partial charge is 0.439 e. The van der Waals surface area contributed by atoms with Gasteiger partial charge in [0.25, 0.3) is 0 Å². The number of nitrogens with one attached hydrogen (secondary N) is 1. The van der Waals surface area contributed by atoms with Crippen LogP contribution in [0.4, 0.5) is 5.69 Å². The van der Waals surface area contributed by atoms with Crippen molar-refractivity contribution < 1.29 is 9.53 Å².